The van der Waals surface area contributed by atoms with Gasteiger partial charge in [0.05, 0.1) is 25.1 Å². The number of ether oxygens (including phenoxy) is 1. The molecule has 1 aliphatic rings. The van der Waals surface area contributed by atoms with E-state index in [0.717, 1.165) is 15.8 Å². The topological polar surface area (TPSA) is 89.9 Å². The van der Waals surface area contributed by atoms with Crippen LogP contribution >= 0.6 is 0 Å². The van der Waals surface area contributed by atoms with Crippen LogP contribution in [0.5, 0.6) is 5.75 Å². The second-order valence-corrected chi connectivity index (χ2v) is 7.98. The molecule has 4 aromatic rings. The Morgan fingerprint density at radius 3 is 2.54 bits per heavy atom. The van der Waals surface area contributed by atoms with E-state index in [2.05, 4.69) is 10.2 Å². The van der Waals surface area contributed by atoms with Crippen LogP contribution in [0.25, 0.3) is 11.5 Å². The van der Waals surface area contributed by atoms with Gasteiger partial charge in [-0.15, -0.1) is 0 Å². The fourth-order valence-electron chi connectivity index (χ4n) is 3.96. The maximum atomic E-state index is 13.6. The Balaban J connectivity index is 1.47. The molecule has 3 heterocycles. The predicted molar refractivity (Wildman–Crippen MR) is 126 cm³/mol. The van der Waals surface area contributed by atoms with Gasteiger partial charge in [-0.05, 0) is 65.7 Å². The van der Waals surface area contributed by atoms with Crippen LogP contribution in [-0.4, -0.2) is 33.5 Å². The molecular formula is C26H21FN4O4. The SMILES string of the molecule is COc1ccc(C2=NN(C(=O)Cn3nc(-c4ccco4)ccc3=O)C(c3ccc(F)cc3)C2)cc1. The third kappa shape index (κ3) is 4.61. The minimum atomic E-state index is -0.454. The number of amides is 1. The molecular weight excluding hydrogens is 451 g/mol. The molecule has 1 unspecified atom stereocenters. The van der Waals surface area contributed by atoms with Crippen molar-refractivity contribution >= 4 is 11.6 Å². The highest BCUT2D eigenvalue weighted by Crippen LogP contribution is 2.33. The van der Waals surface area contributed by atoms with Crippen molar-refractivity contribution in [1.29, 1.82) is 0 Å². The minimum Gasteiger partial charge on any atom is -0.497 e. The number of halogens is 1. The lowest BCUT2D eigenvalue weighted by Gasteiger charge is -2.22. The number of nitrogens with zero attached hydrogens (tertiary/aromatic N) is 4. The van der Waals surface area contributed by atoms with Gasteiger partial charge in [-0.3, -0.25) is 9.59 Å². The number of carbonyl (C=O) groups excluding carboxylic acids is 1. The maximum Gasteiger partial charge on any atom is 0.267 e. The highest BCUT2D eigenvalue weighted by molar-refractivity contribution is 6.03. The van der Waals surface area contributed by atoms with Crippen molar-refractivity contribution < 1.29 is 18.3 Å². The van der Waals surface area contributed by atoms with E-state index in [-0.39, 0.29) is 12.4 Å². The Hall–Kier alpha value is -4.53. The van der Waals surface area contributed by atoms with Gasteiger partial charge >= 0.3 is 0 Å². The van der Waals surface area contributed by atoms with Crippen LogP contribution in [-0.2, 0) is 11.3 Å². The van der Waals surface area contributed by atoms with Crippen LogP contribution in [0.15, 0.2) is 93.4 Å². The molecule has 0 aliphatic carbocycles. The van der Waals surface area contributed by atoms with E-state index in [1.165, 1.54) is 29.5 Å². The molecule has 35 heavy (non-hydrogen) atoms. The molecule has 176 valence electrons. The Kier molecular flexibility index (Phi) is 5.97. The van der Waals surface area contributed by atoms with Crippen LogP contribution < -0.4 is 10.3 Å². The average Bonchev–Trinajstić information content (AvgIpc) is 3.57. The molecule has 0 saturated heterocycles. The first-order valence-corrected chi connectivity index (χ1v) is 10.9. The lowest BCUT2D eigenvalue weighted by Crippen LogP contribution is -2.34. The van der Waals surface area contributed by atoms with Crippen LogP contribution in [0.3, 0.4) is 0 Å². The number of furan rings is 1. The normalized spacial score (nSPS) is 15.2. The molecule has 2 aromatic carbocycles. The van der Waals surface area contributed by atoms with Gasteiger partial charge in [-0.2, -0.15) is 10.2 Å². The predicted octanol–water partition coefficient (Wildman–Crippen LogP) is 4.03. The van der Waals surface area contributed by atoms with Crippen molar-refractivity contribution in [2.24, 2.45) is 5.10 Å². The van der Waals surface area contributed by atoms with Gasteiger partial charge in [0, 0.05) is 12.5 Å². The first-order chi connectivity index (χ1) is 17.0. The van der Waals surface area contributed by atoms with E-state index in [1.54, 1.807) is 37.4 Å². The molecule has 0 bridgehead atoms. The van der Waals surface area contributed by atoms with Gasteiger partial charge < -0.3 is 9.15 Å². The van der Waals surface area contributed by atoms with Gasteiger partial charge in [0.15, 0.2) is 5.76 Å². The lowest BCUT2D eigenvalue weighted by molar-refractivity contribution is -0.133. The van der Waals surface area contributed by atoms with Crippen molar-refractivity contribution in [3.8, 4) is 17.2 Å². The fourth-order valence-corrected chi connectivity index (χ4v) is 3.96. The summed E-state index contributed by atoms with van der Waals surface area (Å²) in [5, 5.41) is 10.2. The van der Waals surface area contributed by atoms with Crippen LogP contribution in [0.4, 0.5) is 4.39 Å². The van der Waals surface area contributed by atoms with Crippen molar-refractivity contribution in [3.63, 3.8) is 0 Å². The molecule has 9 heteroatoms. The zero-order valence-electron chi connectivity index (χ0n) is 18.8. The maximum absolute atomic E-state index is 13.6. The zero-order chi connectivity index (χ0) is 24.4. The van der Waals surface area contributed by atoms with Gasteiger partial charge in [0.2, 0.25) is 0 Å². The van der Waals surface area contributed by atoms with Gasteiger partial charge in [0.25, 0.3) is 11.5 Å². The number of benzene rings is 2. The quantitative estimate of drug-likeness (QED) is 0.423. The third-order valence-corrected chi connectivity index (χ3v) is 5.77. The molecule has 0 saturated carbocycles. The van der Waals surface area contributed by atoms with Crippen molar-refractivity contribution in [2.45, 2.75) is 19.0 Å². The van der Waals surface area contributed by atoms with E-state index in [0.29, 0.717) is 29.3 Å². The zero-order valence-corrected chi connectivity index (χ0v) is 18.8. The molecule has 1 atom stereocenters. The number of hydrogen-bond acceptors (Lipinski definition) is 6. The number of hydrogen-bond donors (Lipinski definition) is 0. The fraction of sp³-hybridized carbons (Fsp3) is 0.154. The molecule has 0 radical (unpaired) electrons. The second-order valence-electron chi connectivity index (χ2n) is 7.98. The standard InChI is InChI=1S/C26H21FN4O4/c1-34-20-10-6-17(7-11-20)22-15-23(18-4-8-19(27)9-5-18)31(29-22)26(33)16-30-25(32)13-12-21(28-30)24-3-2-14-35-24/h2-14,23H,15-16H2,1H3. The van der Waals surface area contributed by atoms with E-state index in [9.17, 15) is 14.0 Å². The molecule has 2 aromatic heterocycles. The van der Waals surface area contributed by atoms with Crippen LogP contribution in [0, 0.1) is 5.82 Å². The summed E-state index contributed by atoms with van der Waals surface area (Å²) in [6.07, 6.45) is 1.93. The molecule has 1 amide bonds. The largest absolute Gasteiger partial charge is 0.497 e. The number of rotatable bonds is 6. The second kappa shape index (κ2) is 9.38. The summed E-state index contributed by atoms with van der Waals surface area (Å²) in [7, 11) is 1.59. The van der Waals surface area contributed by atoms with Crippen molar-refractivity contribution in [1.82, 2.24) is 14.8 Å². The summed E-state index contributed by atoms with van der Waals surface area (Å²) in [4.78, 5) is 25.8. The molecule has 0 spiro atoms. The summed E-state index contributed by atoms with van der Waals surface area (Å²) in [5.41, 5.74) is 2.27. The number of hydrazone groups is 1. The van der Waals surface area contributed by atoms with E-state index < -0.39 is 17.5 Å². The summed E-state index contributed by atoms with van der Waals surface area (Å²) < 4.78 is 25.2. The Morgan fingerprint density at radius 1 is 1.09 bits per heavy atom. The highest BCUT2D eigenvalue weighted by atomic mass is 19.1. The third-order valence-electron chi connectivity index (χ3n) is 5.77. The van der Waals surface area contributed by atoms with E-state index >= 15 is 0 Å². The first kappa shape index (κ1) is 22.3. The van der Waals surface area contributed by atoms with Gasteiger partial charge in [-0.1, -0.05) is 12.1 Å². The number of aromatic nitrogens is 2. The van der Waals surface area contributed by atoms with Gasteiger partial charge in [0.1, 0.15) is 23.8 Å². The van der Waals surface area contributed by atoms with Crippen LogP contribution in [0.2, 0.25) is 0 Å². The smallest absolute Gasteiger partial charge is 0.267 e. The Bertz CT molecular complexity index is 1430. The number of carbonyl (C=O) groups is 1. The first-order valence-electron chi connectivity index (χ1n) is 10.9. The molecule has 0 N–H and O–H groups in total. The number of methoxy groups -OCH3 is 1. The van der Waals surface area contributed by atoms with Crippen LogP contribution in [0.1, 0.15) is 23.6 Å². The molecule has 8 nitrogen and oxygen atoms in total. The summed E-state index contributed by atoms with van der Waals surface area (Å²) >= 11 is 0. The minimum absolute atomic E-state index is 0.315. The van der Waals surface area contributed by atoms with Crippen molar-refractivity contribution in [3.05, 3.63) is 106 Å². The monoisotopic (exact) mass is 472 g/mol. The molecule has 1 aliphatic heterocycles. The highest BCUT2D eigenvalue weighted by Gasteiger charge is 2.33. The van der Waals surface area contributed by atoms with Crippen molar-refractivity contribution in [2.75, 3.05) is 7.11 Å². The molecule has 0 fully saturated rings. The summed E-state index contributed by atoms with van der Waals surface area (Å²) in [6.45, 7) is -0.315. The summed E-state index contributed by atoms with van der Waals surface area (Å²) in [6, 6.07) is 19.2. The van der Waals surface area contributed by atoms with E-state index in [1.807, 2.05) is 24.3 Å². The lowest BCUT2D eigenvalue weighted by atomic mass is 9.98. The molecule has 5 rings (SSSR count). The summed E-state index contributed by atoms with van der Waals surface area (Å²) in [5.74, 6) is 0.397. The van der Waals surface area contributed by atoms with Gasteiger partial charge in [-0.25, -0.2) is 14.1 Å². The van der Waals surface area contributed by atoms with E-state index in [4.69, 9.17) is 9.15 Å². The Morgan fingerprint density at radius 2 is 1.86 bits per heavy atom. The average molecular weight is 472 g/mol. The Labute approximate surface area is 199 Å².